The van der Waals surface area contributed by atoms with E-state index in [1.165, 1.54) is 12.1 Å². The van der Waals surface area contributed by atoms with Gasteiger partial charge in [0.15, 0.2) is 12.6 Å². The quantitative estimate of drug-likeness (QED) is 0.454. The SMILES string of the molecule is Fc1ccccc1.O.O=CC=O. The number of hydrogen-bond acceptors (Lipinski definition) is 2. The summed E-state index contributed by atoms with van der Waals surface area (Å²) in [5.74, 6) is -0.178. The molecule has 0 saturated heterocycles. The molecule has 0 spiro atoms. The Morgan fingerprint density at radius 3 is 1.58 bits per heavy atom. The summed E-state index contributed by atoms with van der Waals surface area (Å²) >= 11 is 0. The van der Waals surface area contributed by atoms with Gasteiger partial charge in [-0.2, -0.15) is 0 Å². The molecule has 66 valence electrons. The molecule has 1 rings (SSSR count). The van der Waals surface area contributed by atoms with Gasteiger partial charge in [0.2, 0.25) is 0 Å². The third-order valence-electron chi connectivity index (χ3n) is 0.789. The molecule has 0 amide bonds. The molecule has 0 unspecified atom stereocenters. The zero-order valence-corrected chi connectivity index (χ0v) is 6.24. The Kier molecular flexibility index (Phi) is 10.3. The topological polar surface area (TPSA) is 65.6 Å². The Morgan fingerprint density at radius 1 is 1.00 bits per heavy atom. The molecule has 0 radical (unpaired) electrons. The molecule has 2 N–H and O–H groups in total. The van der Waals surface area contributed by atoms with E-state index in [2.05, 4.69) is 0 Å². The fourth-order valence-corrected chi connectivity index (χ4v) is 0.415. The minimum atomic E-state index is -0.178. The molecule has 0 aliphatic rings. The highest BCUT2D eigenvalue weighted by atomic mass is 19.1. The van der Waals surface area contributed by atoms with E-state index in [1.807, 2.05) is 0 Å². The van der Waals surface area contributed by atoms with Crippen LogP contribution in [0.5, 0.6) is 0 Å². The van der Waals surface area contributed by atoms with Crippen LogP contribution >= 0.6 is 0 Å². The highest BCUT2D eigenvalue weighted by Gasteiger charge is 1.77. The molecule has 0 atom stereocenters. The maximum absolute atomic E-state index is 11.9. The lowest BCUT2D eigenvalue weighted by molar-refractivity contribution is -0.122. The van der Waals surface area contributed by atoms with Crippen LogP contribution in [-0.4, -0.2) is 18.0 Å². The van der Waals surface area contributed by atoms with Gasteiger partial charge in [0, 0.05) is 0 Å². The third-order valence-corrected chi connectivity index (χ3v) is 0.789. The van der Waals surface area contributed by atoms with Crippen molar-refractivity contribution in [1.82, 2.24) is 0 Å². The van der Waals surface area contributed by atoms with Crippen molar-refractivity contribution in [3.63, 3.8) is 0 Å². The van der Waals surface area contributed by atoms with Crippen molar-refractivity contribution in [3.05, 3.63) is 36.1 Å². The molecule has 1 aromatic rings. The molecular weight excluding hydrogens is 163 g/mol. The highest BCUT2D eigenvalue weighted by Crippen LogP contribution is 1.91. The molecule has 3 nitrogen and oxygen atoms in total. The van der Waals surface area contributed by atoms with E-state index in [1.54, 1.807) is 18.2 Å². The zero-order chi connectivity index (χ0) is 8.53. The van der Waals surface area contributed by atoms with Crippen LogP contribution in [0.1, 0.15) is 0 Å². The second-order valence-electron chi connectivity index (χ2n) is 1.57. The smallest absolute Gasteiger partial charge is 0.182 e. The van der Waals surface area contributed by atoms with Gasteiger partial charge in [0.1, 0.15) is 5.82 Å². The van der Waals surface area contributed by atoms with Crippen LogP contribution in [-0.2, 0) is 9.59 Å². The second kappa shape index (κ2) is 9.45. The van der Waals surface area contributed by atoms with Gasteiger partial charge in [-0.05, 0) is 12.1 Å². The van der Waals surface area contributed by atoms with Gasteiger partial charge >= 0.3 is 0 Å². The second-order valence-corrected chi connectivity index (χ2v) is 1.57. The van der Waals surface area contributed by atoms with Crippen molar-refractivity contribution >= 4 is 12.6 Å². The van der Waals surface area contributed by atoms with Crippen molar-refractivity contribution in [2.24, 2.45) is 0 Å². The monoisotopic (exact) mass is 172 g/mol. The van der Waals surface area contributed by atoms with Crippen molar-refractivity contribution in [1.29, 1.82) is 0 Å². The molecule has 0 heterocycles. The van der Waals surface area contributed by atoms with Crippen LogP contribution in [0.3, 0.4) is 0 Å². The molecule has 4 heteroatoms. The number of carbonyl (C=O) groups excluding carboxylic acids is 2. The van der Waals surface area contributed by atoms with E-state index >= 15 is 0 Å². The number of hydrogen-bond donors (Lipinski definition) is 0. The maximum Gasteiger partial charge on any atom is 0.182 e. The maximum atomic E-state index is 11.9. The fourth-order valence-electron chi connectivity index (χ4n) is 0.415. The number of benzene rings is 1. The standard InChI is InChI=1S/C6H5F.C2H2O2.H2O/c7-6-4-2-1-3-5-6;3-1-2-4;/h1-5H;1-2H;1H2. The van der Waals surface area contributed by atoms with Crippen LogP contribution in [0.2, 0.25) is 0 Å². The summed E-state index contributed by atoms with van der Waals surface area (Å²) in [6.45, 7) is 0. The van der Waals surface area contributed by atoms with Gasteiger partial charge < -0.3 is 5.48 Å². The van der Waals surface area contributed by atoms with Gasteiger partial charge in [-0.3, -0.25) is 9.59 Å². The van der Waals surface area contributed by atoms with E-state index in [9.17, 15) is 4.39 Å². The van der Waals surface area contributed by atoms with Crippen molar-refractivity contribution in [2.45, 2.75) is 0 Å². The summed E-state index contributed by atoms with van der Waals surface area (Å²) in [7, 11) is 0. The van der Waals surface area contributed by atoms with Crippen LogP contribution < -0.4 is 0 Å². The van der Waals surface area contributed by atoms with Crippen LogP contribution in [0.15, 0.2) is 30.3 Å². The van der Waals surface area contributed by atoms with E-state index < -0.39 is 0 Å². The minimum absolute atomic E-state index is 0. The van der Waals surface area contributed by atoms with Gasteiger partial charge in [-0.1, -0.05) is 18.2 Å². The normalized spacial score (nSPS) is 6.75. The highest BCUT2D eigenvalue weighted by molar-refractivity contribution is 6.09. The van der Waals surface area contributed by atoms with Crippen molar-refractivity contribution < 1.29 is 19.5 Å². The van der Waals surface area contributed by atoms with Crippen LogP contribution in [0.4, 0.5) is 4.39 Å². The van der Waals surface area contributed by atoms with Crippen LogP contribution in [0.25, 0.3) is 0 Å². The Labute approximate surface area is 69.1 Å². The van der Waals surface area contributed by atoms with E-state index in [0.717, 1.165) is 0 Å². The Morgan fingerprint density at radius 2 is 1.42 bits per heavy atom. The first kappa shape index (κ1) is 13.1. The van der Waals surface area contributed by atoms with E-state index in [0.29, 0.717) is 0 Å². The predicted octanol–water partition coefficient (Wildman–Crippen LogP) is 0.385. The summed E-state index contributed by atoms with van der Waals surface area (Å²) < 4.78 is 11.9. The molecule has 1 aromatic carbocycles. The lowest BCUT2D eigenvalue weighted by Gasteiger charge is -1.78. The number of aldehydes is 2. The van der Waals surface area contributed by atoms with E-state index in [4.69, 9.17) is 9.59 Å². The van der Waals surface area contributed by atoms with E-state index in [-0.39, 0.29) is 23.9 Å². The first-order valence-electron chi connectivity index (χ1n) is 2.90. The fraction of sp³-hybridized carbons (Fsp3) is 0. The summed E-state index contributed by atoms with van der Waals surface area (Å²) in [6, 6.07) is 7.94. The number of rotatable bonds is 1. The minimum Gasteiger partial charge on any atom is -0.412 e. The molecule has 0 aliphatic carbocycles. The average molecular weight is 172 g/mol. The predicted molar refractivity (Wildman–Crippen MR) is 42.1 cm³/mol. The Hall–Kier alpha value is -1.55. The molecule has 0 aromatic heterocycles. The summed E-state index contributed by atoms with van der Waals surface area (Å²) in [4.78, 5) is 17.6. The number of carbonyl (C=O) groups is 2. The lowest BCUT2D eigenvalue weighted by atomic mass is 10.4. The van der Waals surface area contributed by atoms with Crippen LogP contribution in [0, 0.1) is 5.82 Å². The first-order chi connectivity index (χ1) is 5.31. The number of halogens is 1. The van der Waals surface area contributed by atoms with Crippen molar-refractivity contribution in [3.8, 4) is 0 Å². The van der Waals surface area contributed by atoms with Gasteiger partial charge in [-0.25, -0.2) is 4.39 Å². The summed E-state index contributed by atoms with van der Waals surface area (Å²) in [6.07, 6.45) is 0.389. The molecule has 0 bridgehead atoms. The molecule has 0 fully saturated rings. The first-order valence-corrected chi connectivity index (χ1v) is 2.90. The van der Waals surface area contributed by atoms with Crippen molar-refractivity contribution in [2.75, 3.05) is 0 Å². The average Bonchev–Trinajstić information content (AvgIpc) is 2.07. The molecule has 12 heavy (non-hydrogen) atoms. The third kappa shape index (κ3) is 8.45. The molecular formula is C8H9FO3. The van der Waals surface area contributed by atoms with Gasteiger partial charge in [-0.15, -0.1) is 0 Å². The molecule has 0 aliphatic heterocycles. The zero-order valence-electron chi connectivity index (χ0n) is 6.24. The summed E-state index contributed by atoms with van der Waals surface area (Å²) in [5.41, 5.74) is 0. The lowest BCUT2D eigenvalue weighted by Crippen LogP contribution is -1.63. The molecule has 0 saturated carbocycles. The Balaban J connectivity index is 0. The van der Waals surface area contributed by atoms with Gasteiger partial charge in [0.05, 0.1) is 0 Å². The summed E-state index contributed by atoms with van der Waals surface area (Å²) in [5, 5.41) is 0. The Bertz CT molecular complexity index is 205. The largest absolute Gasteiger partial charge is 0.412 e. The van der Waals surface area contributed by atoms with Gasteiger partial charge in [0.25, 0.3) is 0 Å².